The van der Waals surface area contributed by atoms with Gasteiger partial charge >= 0.3 is 0 Å². The van der Waals surface area contributed by atoms with Crippen LogP contribution in [0, 0.1) is 12.0 Å². The van der Waals surface area contributed by atoms with Crippen LogP contribution in [0.15, 0.2) is 84.9 Å². The fourth-order valence-electron chi connectivity index (χ4n) is 8.78. The minimum absolute atomic E-state index is 0.0212. The highest BCUT2D eigenvalue weighted by atomic mass is 15.2. The average molecular weight is 533 g/mol. The zero-order valence-corrected chi connectivity index (χ0v) is 24.5. The molecule has 2 unspecified atom stereocenters. The molecule has 0 radical (unpaired) electrons. The van der Waals surface area contributed by atoms with Crippen LogP contribution in [0.2, 0.25) is 0 Å². The average Bonchev–Trinajstić information content (AvgIpc) is 3.21. The summed E-state index contributed by atoms with van der Waals surface area (Å²) in [6.07, 6.45) is 6.00. The van der Waals surface area contributed by atoms with Crippen molar-refractivity contribution < 1.29 is 0 Å². The first-order valence-corrected chi connectivity index (χ1v) is 15.2. The Balaban J connectivity index is 1.35. The molecule has 0 bridgehead atoms. The molecule has 2 aliphatic carbocycles. The summed E-state index contributed by atoms with van der Waals surface area (Å²) < 4.78 is 0. The molecule has 1 fully saturated rings. The summed E-state index contributed by atoms with van der Waals surface area (Å²) in [6, 6.07) is 31.7. The first-order chi connectivity index (χ1) is 19.7. The van der Waals surface area contributed by atoms with Gasteiger partial charge in [0.15, 0.2) is 5.69 Å². The molecule has 1 saturated carbocycles. The normalized spacial score (nSPS) is 23.9. The van der Waals surface area contributed by atoms with Crippen LogP contribution >= 0.6 is 0 Å². The van der Waals surface area contributed by atoms with Crippen molar-refractivity contribution in [3.05, 3.63) is 113 Å². The summed E-state index contributed by atoms with van der Waals surface area (Å²) in [5, 5.41) is 5.30. The third-order valence-electron chi connectivity index (χ3n) is 11.3. The predicted molar refractivity (Wildman–Crippen MR) is 173 cm³/mol. The van der Waals surface area contributed by atoms with Crippen LogP contribution in [0.1, 0.15) is 70.1 Å². The van der Waals surface area contributed by atoms with E-state index in [2.05, 4.69) is 116 Å². The molecular weight excluding hydrogens is 496 g/mol. The van der Waals surface area contributed by atoms with Crippen LogP contribution in [0.25, 0.3) is 37.5 Å². The molecule has 0 N–H and O–H groups in total. The van der Waals surface area contributed by atoms with Crippen molar-refractivity contribution in [1.82, 2.24) is 0 Å². The minimum Gasteiger partial charge on any atom is -0.335 e. The Morgan fingerprint density at radius 1 is 0.732 bits per heavy atom. The lowest BCUT2D eigenvalue weighted by Crippen LogP contribution is -2.60. The van der Waals surface area contributed by atoms with Crippen LogP contribution in [0.4, 0.5) is 17.1 Å². The van der Waals surface area contributed by atoms with E-state index in [0.717, 1.165) is 12.1 Å². The zero-order valence-electron chi connectivity index (χ0n) is 24.5. The maximum Gasteiger partial charge on any atom is 0.187 e. The van der Waals surface area contributed by atoms with Crippen LogP contribution in [0.5, 0.6) is 0 Å². The smallest absolute Gasteiger partial charge is 0.187 e. The predicted octanol–water partition coefficient (Wildman–Crippen LogP) is 10.9. The first kappa shape index (κ1) is 24.7. The number of benzene rings is 5. The number of hydrogen-bond donors (Lipinski definition) is 0. The Hall–Kier alpha value is -4.09. The van der Waals surface area contributed by atoms with Gasteiger partial charge in [-0.25, -0.2) is 4.85 Å². The van der Waals surface area contributed by atoms with E-state index in [-0.39, 0.29) is 16.4 Å². The van der Waals surface area contributed by atoms with Gasteiger partial charge in [0.25, 0.3) is 0 Å². The van der Waals surface area contributed by atoms with Crippen LogP contribution < -0.4 is 4.90 Å². The van der Waals surface area contributed by atoms with E-state index in [4.69, 9.17) is 6.57 Å². The molecule has 2 heteroatoms. The van der Waals surface area contributed by atoms with E-state index in [1.54, 1.807) is 0 Å². The molecule has 5 aromatic rings. The van der Waals surface area contributed by atoms with E-state index in [0.29, 0.717) is 0 Å². The molecule has 2 atom stereocenters. The number of nitrogens with zero attached hydrogens (tertiary/aromatic N) is 2. The lowest BCUT2D eigenvalue weighted by atomic mass is 9.57. The second-order valence-corrected chi connectivity index (χ2v) is 13.7. The molecule has 3 aliphatic rings. The Morgan fingerprint density at radius 2 is 1.54 bits per heavy atom. The summed E-state index contributed by atoms with van der Waals surface area (Å²) in [4.78, 5) is 6.46. The molecule has 0 saturated heterocycles. The maximum absolute atomic E-state index is 7.65. The second kappa shape index (κ2) is 8.23. The Morgan fingerprint density at radius 3 is 2.39 bits per heavy atom. The number of anilines is 2. The third-order valence-corrected chi connectivity index (χ3v) is 11.3. The molecule has 0 amide bonds. The van der Waals surface area contributed by atoms with Gasteiger partial charge in [-0.2, -0.15) is 0 Å². The topological polar surface area (TPSA) is 7.60 Å². The highest BCUT2D eigenvalue weighted by molar-refractivity contribution is 6.14. The van der Waals surface area contributed by atoms with Gasteiger partial charge in [0, 0.05) is 22.3 Å². The molecule has 8 rings (SSSR count). The van der Waals surface area contributed by atoms with E-state index in [1.807, 2.05) is 6.07 Å². The second-order valence-electron chi connectivity index (χ2n) is 13.7. The van der Waals surface area contributed by atoms with Crippen LogP contribution in [-0.4, -0.2) is 5.54 Å². The quantitative estimate of drug-likeness (QED) is 0.154. The molecular formula is C39H36N2. The van der Waals surface area contributed by atoms with Crippen molar-refractivity contribution in [2.45, 2.75) is 70.8 Å². The fraction of sp³-hybridized carbons (Fsp3) is 0.308. The van der Waals surface area contributed by atoms with Crippen molar-refractivity contribution in [3.63, 3.8) is 0 Å². The van der Waals surface area contributed by atoms with Crippen LogP contribution in [-0.2, 0) is 11.8 Å². The number of fused-ring (bicyclic) bond motifs is 9. The van der Waals surface area contributed by atoms with Gasteiger partial charge in [0.05, 0.1) is 6.57 Å². The maximum atomic E-state index is 7.65. The standard InChI is InChI=1S/C39H36N2/c1-37(2)33-18-17-30-29-11-7-6-10-25(29)12-15-31(30)36(33)32-16-14-28(23-34(32)37)41-35-19-13-27(40-5)22-26(35)24-38(3)20-8-9-21-39(38,41)4/h6-7,10-19,22-23H,8-9,20-21,24H2,1-4H3. The van der Waals surface area contributed by atoms with Gasteiger partial charge in [-0.15, -0.1) is 0 Å². The van der Waals surface area contributed by atoms with Gasteiger partial charge in [0.1, 0.15) is 0 Å². The number of hydrogen-bond acceptors (Lipinski definition) is 1. The van der Waals surface area contributed by atoms with Crippen molar-refractivity contribution >= 4 is 38.6 Å². The molecule has 0 aromatic heterocycles. The third kappa shape index (κ3) is 3.18. The lowest BCUT2D eigenvalue weighted by Gasteiger charge is -2.60. The highest BCUT2D eigenvalue weighted by Gasteiger charge is 2.54. The van der Waals surface area contributed by atoms with Crippen molar-refractivity contribution in [2.75, 3.05) is 4.90 Å². The van der Waals surface area contributed by atoms with Crippen LogP contribution in [0.3, 0.4) is 0 Å². The van der Waals surface area contributed by atoms with Gasteiger partial charge in [-0.1, -0.05) is 100 Å². The Bertz CT molecular complexity index is 1960. The summed E-state index contributed by atoms with van der Waals surface area (Å²) in [6.45, 7) is 17.4. The van der Waals surface area contributed by atoms with E-state index in [1.165, 1.54) is 86.4 Å². The van der Waals surface area contributed by atoms with E-state index in [9.17, 15) is 0 Å². The minimum atomic E-state index is -0.0934. The molecule has 5 aromatic carbocycles. The summed E-state index contributed by atoms with van der Waals surface area (Å²) >= 11 is 0. The van der Waals surface area contributed by atoms with Crippen molar-refractivity contribution in [3.8, 4) is 11.1 Å². The number of rotatable bonds is 1. The monoisotopic (exact) mass is 532 g/mol. The fourth-order valence-corrected chi connectivity index (χ4v) is 8.78. The lowest BCUT2D eigenvalue weighted by molar-refractivity contribution is 0.0863. The summed E-state index contributed by atoms with van der Waals surface area (Å²) in [5.74, 6) is 0. The van der Waals surface area contributed by atoms with E-state index >= 15 is 0 Å². The molecule has 41 heavy (non-hydrogen) atoms. The van der Waals surface area contributed by atoms with Crippen molar-refractivity contribution in [1.29, 1.82) is 0 Å². The van der Waals surface area contributed by atoms with Gasteiger partial charge in [0.2, 0.25) is 0 Å². The van der Waals surface area contributed by atoms with Gasteiger partial charge < -0.3 is 4.90 Å². The van der Waals surface area contributed by atoms with E-state index < -0.39 is 0 Å². The largest absolute Gasteiger partial charge is 0.335 e. The zero-order chi connectivity index (χ0) is 28.1. The molecule has 0 spiro atoms. The van der Waals surface area contributed by atoms with Gasteiger partial charge in [-0.05, 0) is 99.2 Å². The Labute approximate surface area is 243 Å². The molecule has 2 nitrogen and oxygen atoms in total. The molecule has 1 heterocycles. The highest BCUT2D eigenvalue weighted by Crippen LogP contribution is 2.59. The molecule has 202 valence electrons. The SMILES string of the molecule is [C-]#[N+]c1ccc2c(c1)CC1(C)CCCCC1(C)N2c1ccc2c(c1)C(C)(C)c1ccc3c(ccc4ccccc43)c1-2. The van der Waals surface area contributed by atoms with Gasteiger partial charge in [-0.3, -0.25) is 0 Å². The molecule has 1 aliphatic heterocycles. The van der Waals surface area contributed by atoms with Crippen molar-refractivity contribution in [2.24, 2.45) is 5.41 Å². The Kier molecular flexibility index (Phi) is 4.96. The first-order valence-electron chi connectivity index (χ1n) is 15.2. The summed E-state index contributed by atoms with van der Waals surface area (Å²) in [5.41, 5.74) is 10.3. The summed E-state index contributed by atoms with van der Waals surface area (Å²) in [7, 11) is 0.